The van der Waals surface area contributed by atoms with Crippen molar-refractivity contribution in [2.75, 3.05) is 26.9 Å². The molecule has 1 aromatic rings. The van der Waals surface area contributed by atoms with Crippen molar-refractivity contribution in [1.29, 1.82) is 0 Å². The average Bonchev–Trinajstić information content (AvgIpc) is 3.79. The van der Waals surface area contributed by atoms with Crippen LogP contribution in [0.15, 0.2) is 36.6 Å². The van der Waals surface area contributed by atoms with Crippen LogP contribution < -0.4 is 9.47 Å². The molecule has 1 aliphatic carbocycles. The molecule has 9 N–H and O–H groups in total. The molecule has 16 atom stereocenters. The van der Waals surface area contributed by atoms with Crippen LogP contribution in [0.3, 0.4) is 0 Å². The van der Waals surface area contributed by atoms with E-state index >= 15 is 0 Å². The molecular weight excluding hydrogens is 660 g/mol. The minimum atomic E-state index is -1.70. The van der Waals surface area contributed by atoms with Crippen LogP contribution in [0.25, 0.3) is 6.08 Å². The number of carbonyl (C=O) groups is 1. The number of methoxy groups -OCH3 is 1. The molecule has 0 unspecified atom stereocenters. The Kier molecular flexibility index (Phi) is 10.5. The van der Waals surface area contributed by atoms with E-state index in [0.29, 0.717) is 5.56 Å². The van der Waals surface area contributed by atoms with Gasteiger partial charge in [-0.3, -0.25) is 0 Å². The SMILES string of the molecule is COc1cc(/C=C/C(=O)O[C@H]2[C@H]3C=CO[C@@H](O[C@@H]4O[C@H](CO)[C@@H](O)[C@H](O)[C@H]4O)[C@@H]3[C@@]3(CO)O[C@@H]23)ccc1O[C@@H]1O[C@H](CO)[C@@H](O)[C@H](O)[C@H]1O. The molecule has 1 saturated carbocycles. The van der Waals surface area contributed by atoms with E-state index < -0.39 is 123 Å². The van der Waals surface area contributed by atoms with Gasteiger partial charge in [-0.2, -0.15) is 0 Å². The van der Waals surface area contributed by atoms with Gasteiger partial charge >= 0.3 is 5.97 Å². The predicted octanol–water partition coefficient (Wildman–Crippen LogP) is -4.14. The highest BCUT2D eigenvalue weighted by atomic mass is 16.8. The third-order valence-electron chi connectivity index (χ3n) is 9.54. The Morgan fingerprint density at radius 3 is 2.14 bits per heavy atom. The molecule has 6 rings (SSSR count). The lowest BCUT2D eigenvalue weighted by Gasteiger charge is -2.43. The summed E-state index contributed by atoms with van der Waals surface area (Å²) in [6, 6.07) is 4.53. The summed E-state index contributed by atoms with van der Waals surface area (Å²) < 4.78 is 44.9. The van der Waals surface area contributed by atoms with Gasteiger partial charge in [0.05, 0.1) is 39.1 Å². The van der Waals surface area contributed by atoms with E-state index in [2.05, 4.69) is 0 Å². The zero-order valence-corrected chi connectivity index (χ0v) is 26.0. The number of esters is 1. The number of fused-ring (bicyclic) bond motifs is 3. The predicted molar refractivity (Wildman–Crippen MR) is 157 cm³/mol. The minimum Gasteiger partial charge on any atom is -0.493 e. The smallest absolute Gasteiger partial charge is 0.331 e. The Balaban J connectivity index is 1.11. The van der Waals surface area contributed by atoms with Crippen molar-refractivity contribution in [3.05, 3.63) is 42.2 Å². The highest BCUT2D eigenvalue weighted by Gasteiger charge is 2.77. The number of rotatable bonds is 11. The monoisotopic (exact) mass is 700 g/mol. The van der Waals surface area contributed by atoms with Crippen LogP contribution in [-0.4, -0.2) is 164 Å². The normalized spacial score (nSPS) is 44.2. The molecule has 3 saturated heterocycles. The van der Waals surface area contributed by atoms with Crippen molar-refractivity contribution in [1.82, 2.24) is 0 Å². The fraction of sp³-hybridized carbons (Fsp3) is 0.645. The largest absolute Gasteiger partial charge is 0.493 e. The quantitative estimate of drug-likeness (QED) is 0.0602. The van der Waals surface area contributed by atoms with Gasteiger partial charge in [0.1, 0.15) is 66.6 Å². The van der Waals surface area contributed by atoms with Gasteiger partial charge < -0.3 is 83.9 Å². The Bertz CT molecular complexity index is 1390. The second kappa shape index (κ2) is 14.3. The first-order valence-corrected chi connectivity index (χ1v) is 15.6. The van der Waals surface area contributed by atoms with Gasteiger partial charge in [-0.05, 0) is 29.8 Å². The molecule has 4 fully saturated rings. The van der Waals surface area contributed by atoms with E-state index in [1.165, 1.54) is 31.6 Å². The molecule has 18 nitrogen and oxygen atoms in total. The number of aliphatic hydroxyl groups excluding tert-OH is 9. The van der Waals surface area contributed by atoms with Gasteiger partial charge in [-0.1, -0.05) is 6.07 Å². The number of aliphatic hydroxyl groups is 9. The summed E-state index contributed by atoms with van der Waals surface area (Å²) in [6.07, 6.45) is -12.4. The molecule has 0 spiro atoms. The Morgan fingerprint density at radius 2 is 1.51 bits per heavy atom. The van der Waals surface area contributed by atoms with E-state index in [1.54, 1.807) is 12.1 Å². The Morgan fingerprint density at radius 1 is 0.857 bits per heavy atom. The third-order valence-corrected chi connectivity index (χ3v) is 9.54. The topological polar surface area (TPSA) is 276 Å². The number of carbonyl (C=O) groups excluding carboxylic acids is 1. The number of hydrogen-bond acceptors (Lipinski definition) is 18. The zero-order chi connectivity index (χ0) is 35.2. The molecule has 18 heteroatoms. The van der Waals surface area contributed by atoms with Crippen LogP contribution in [-0.2, 0) is 33.2 Å². The summed E-state index contributed by atoms with van der Waals surface area (Å²) in [6.45, 7) is -1.77. The van der Waals surface area contributed by atoms with Gasteiger partial charge in [0.2, 0.25) is 12.6 Å². The molecule has 49 heavy (non-hydrogen) atoms. The van der Waals surface area contributed by atoms with Gasteiger partial charge in [-0.15, -0.1) is 0 Å². The Labute approximate surface area is 278 Å². The second-order valence-corrected chi connectivity index (χ2v) is 12.4. The fourth-order valence-corrected chi connectivity index (χ4v) is 6.80. The lowest BCUT2D eigenvalue weighted by molar-refractivity contribution is -0.344. The molecule has 0 aromatic heterocycles. The van der Waals surface area contributed by atoms with Gasteiger partial charge in [0.25, 0.3) is 0 Å². The minimum absolute atomic E-state index is 0.0987. The summed E-state index contributed by atoms with van der Waals surface area (Å²) >= 11 is 0. The molecular formula is C31H40O18. The van der Waals surface area contributed by atoms with Crippen molar-refractivity contribution >= 4 is 12.0 Å². The molecule has 272 valence electrons. The van der Waals surface area contributed by atoms with Gasteiger partial charge in [0, 0.05) is 12.0 Å². The van der Waals surface area contributed by atoms with Crippen molar-refractivity contribution in [2.45, 2.75) is 85.5 Å². The standard InChI is InChI=1S/C31H40O18/c1-42-15-8-12(2-4-14(15)44-29-24(40)22(38)20(36)16(9-32)45-29)3-5-18(35)47-26-13-6-7-43-28(19(13)31(11-34)27(26)49-31)48-30-25(41)23(39)21(37)17(10-33)46-30/h2-8,13,16-17,19-30,32-34,36-41H,9-11H2,1H3/b5-3+/t13-,16+,17+,19+,20+,21+,22-,23-,24+,25+,26-,27-,28-,29+,30-,31+/m0/s1. The van der Waals surface area contributed by atoms with Gasteiger partial charge in [-0.25, -0.2) is 4.79 Å². The number of benzene rings is 1. The third kappa shape index (κ3) is 6.53. The maximum absolute atomic E-state index is 13.0. The molecule has 0 bridgehead atoms. The summed E-state index contributed by atoms with van der Waals surface area (Å²) in [7, 11) is 1.35. The zero-order valence-electron chi connectivity index (χ0n) is 26.0. The fourth-order valence-electron chi connectivity index (χ4n) is 6.80. The van der Waals surface area contributed by atoms with Crippen molar-refractivity contribution in [3.8, 4) is 11.5 Å². The lowest BCUT2D eigenvalue weighted by atomic mass is 9.85. The molecule has 5 aliphatic rings. The van der Waals surface area contributed by atoms with Crippen molar-refractivity contribution in [3.63, 3.8) is 0 Å². The van der Waals surface area contributed by atoms with E-state index in [0.717, 1.165) is 6.08 Å². The number of ether oxygens (including phenoxy) is 8. The maximum atomic E-state index is 13.0. The molecule has 4 heterocycles. The summed E-state index contributed by atoms with van der Waals surface area (Å²) in [4.78, 5) is 13.0. The van der Waals surface area contributed by atoms with Crippen molar-refractivity contribution in [2.24, 2.45) is 11.8 Å². The van der Waals surface area contributed by atoms with E-state index in [9.17, 15) is 50.8 Å². The molecule has 4 aliphatic heterocycles. The van der Waals surface area contributed by atoms with E-state index in [1.807, 2.05) is 0 Å². The highest BCUT2D eigenvalue weighted by molar-refractivity contribution is 5.87. The number of hydrogen-bond donors (Lipinski definition) is 9. The van der Waals surface area contributed by atoms with E-state index in [-0.39, 0.29) is 11.5 Å². The summed E-state index contributed by atoms with van der Waals surface area (Å²) in [5, 5.41) is 90.3. The van der Waals surface area contributed by atoms with Crippen LogP contribution in [0.5, 0.6) is 11.5 Å². The first kappa shape index (κ1) is 35.9. The lowest BCUT2D eigenvalue weighted by Crippen LogP contribution is -2.60. The van der Waals surface area contributed by atoms with Crippen LogP contribution in [0.1, 0.15) is 5.56 Å². The highest BCUT2D eigenvalue weighted by Crippen LogP contribution is 2.60. The second-order valence-electron chi connectivity index (χ2n) is 12.4. The van der Waals surface area contributed by atoms with Gasteiger partial charge in [0.15, 0.2) is 17.8 Å². The van der Waals surface area contributed by atoms with Crippen LogP contribution >= 0.6 is 0 Å². The van der Waals surface area contributed by atoms with E-state index in [4.69, 9.17) is 37.9 Å². The Hall–Kier alpha value is -2.95. The maximum Gasteiger partial charge on any atom is 0.331 e. The summed E-state index contributed by atoms with van der Waals surface area (Å²) in [5.74, 6) is -1.79. The molecule has 0 amide bonds. The summed E-state index contributed by atoms with van der Waals surface area (Å²) in [5.41, 5.74) is -0.738. The first-order chi connectivity index (χ1) is 23.5. The molecule has 1 aromatic carbocycles. The van der Waals surface area contributed by atoms with Crippen LogP contribution in [0, 0.1) is 11.8 Å². The average molecular weight is 701 g/mol. The van der Waals surface area contributed by atoms with Crippen molar-refractivity contribution < 1.29 is 88.6 Å². The molecule has 0 radical (unpaired) electrons. The first-order valence-electron chi connectivity index (χ1n) is 15.6. The van der Waals surface area contributed by atoms with Crippen LogP contribution in [0.2, 0.25) is 0 Å². The number of epoxide rings is 1. The van der Waals surface area contributed by atoms with Crippen LogP contribution in [0.4, 0.5) is 0 Å².